The van der Waals surface area contributed by atoms with Crippen molar-refractivity contribution in [2.75, 3.05) is 13.4 Å². The van der Waals surface area contributed by atoms with Crippen molar-refractivity contribution in [2.24, 2.45) is 3.77 Å². The van der Waals surface area contributed by atoms with Crippen molar-refractivity contribution in [1.82, 2.24) is 0 Å². The Morgan fingerprint density at radius 2 is 2.27 bits per heavy atom. The molecule has 1 aromatic rings. The molecule has 0 fully saturated rings. The third kappa shape index (κ3) is 1.74. The SMILES string of the molecule is COC(=O)c1ccc2c(c1)SN=S2(C)=O. The van der Waals surface area contributed by atoms with E-state index in [0.29, 0.717) is 10.5 Å². The van der Waals surface area contributed by atoms with Crippen molar-refractivity contribution < 1.29 is 13.7 Å². The van der Waals surface area contributed by atoms with Gasteiger partial charge in [0, 0.05) is 23.1 Å². The number of esters is 1. The number of rotatable bonds is 1. The molecule has 0 radical (unpaired) electrons. The highest BCUT2D eigenvalue weighted by Gasteiger charge is 2.21. The molecule has 15 heavy (non-hydrogen) atoms. The highest BCUT2D eigenvalue weighted by molar-refractivity contribution is 8.09. The van der Waals surface area contributed by atoms with E-state index in [9.17, 15) is 9.00 Å². The zero-order valence-electron chi connectivity index (χ0n) is 8.22. The van der Waals surface area contributed by atoms with E-state index in [4.69, 9.17) is 0 Å². The van der Waals surface area contributed by atoms with E-state index in [2.05, 4.69) is 8.50 Å². The Bertz CT molecular complexity index is 544. The fourth-order valence-corrected chi connectivity index (χ4v) is 4.17. The Morgan fingerprint density at radius 3 is 2.93 bits per heavy atom. The number of ether oxygens (including phenoxy) is 1. The first-order valence-corrected chi connectivity index (χ1v) is 6.85. The number of benzene rings is 1. The average Bonchev–Trinajstić information content (AvgIpc) is 2.53. The van der Waals surface area contributed by atoms with Crippen molar-refractivity contribution in [3.8, 4) is 0 Å². The van der Waals surface area contributed by atoms with E-state index in [1.807, 2.05) is 0 Å². The van der Waals surface area contributed by atoms with E-state index in [1.54, 1.807) is 24.5 Å². The van der Waals surface area contributed by atoms with Crippen LogP contribution in [0.2, 0.25) is 0 Å². The summed E-state index contributed by atoms with van der Waals surface area (Å²) in [5.74, 6) is -0.395. The molecule has 1 unspecified atom stereocenters. The van der Waals surface area contributed by atoms with Gasteiger partial charge in [0.25, 0.3) is 0 Å². The predicted octanol–water partition coefficient (Wildman–Crippen LogP) is 1.95. The second-order valence-corrected chi connectivity index (χ2v) is 6.38. The van der Waals surface area contributed by atoms with Crippen LogP contribution in [0, 0.1) is 0 Å². The first-order chi connectivity index (χ1) is 7.04. The van der Waals surface area contributed by atoms with Crippen molar-refractivity contribution in [3.63, 3.8) is 0 Å². The molecule has 1 aromatic carbocycles. The third-order valence-electron chi connectivity index (χ3n) is 2.05. The molecule has 6 heteroatoms. The van der Waals surface area contributed by atoms with Gasteiger partial charge in [-0.25, -0.2) is 9.00 Å². The van der Waals surface area contributed by atoms with Crippen LogP contribution in [0.4, 0.5) is 0 Å². The number of hydrogen-bond acceptors (Lipinski definition) is 5. The molecular weight excluding hydrogens is 234 g/mol. The molecule has 0 aliphatic carbocycles. The lowest BCUT2D eigenvalue weighted by atomic mass is 10.2. The number of hydrogen-bond donors (Lipinski definition) is 0. The van der Waals surface area contributed by atoms with Crippen LogP contribution in [-0.2, 0) is 14.5 Å². The van der Waals surface area contributed by atoms with E-state index in [0.717, 1.165) is 16.8 Å². The van der Waals surface area contributed by atoms with E-state index < -0.39 is 15.7 Å². The lowest BCUT2D eigenvalue weighted by molar-refractivity contribution is 0.0600. The van der Waals surface area contributed by atoms with Crippen LogP contribution in [0.1, 0.15) is 10.4 Å². The normalized spacial score (nSPS) is 23.1. The van der Waals surface area contributed by atoms with E-state index >= 15 is 0 Å². The highest BCUT2D eigenvalue weighted by atomic mass is 32.2. The van der Waals surface area contributed by atoms with Gasteiger partial charge in [0.2, 0.25) is 0 Å². The smallest absolute Gasteiger partial charge is 0.337 e. The van der Waals surface area contributed by atoms with Gasteiger partial charge in [-0.15, -0.1) is 0 Å². The van der Waals surface area contributed by atoms with Gasteiger partial charge >= 0.3 is 5.97 Å². The molecule has 80 valence electrons. The van der Waals surface area contributed by atoms with Crippen LogP contribution in [0.3, 0.4) is 0 Å². The molecule has 0 amide bonds. The molecular formula is C9H9NO3S2. The highest BCUT2D eigenvalue weighted by Crippen LogP contribution is 2.37. The molecule has 4 nitrogen and oxygen atoms in total. The van der Waals surface area contributed by atoms with Gasteiger partial charge in [-0.05, 0) is 18.2 Å². The number of nitrogens with zero attached hydrogens (tertiary/aromatic N) is 1. The maximum absolute atomic E-state index is 11.9. The largest absolute Gasteiger partial charge is 0.465 e. The standard InChI is InChI=1S/C9H9NO3S2/c1-13-9(11)6-3-4-8-7(5-6)14-10-15(8,2)12/h3-5H,1-2H3. The first kappa shape index (κ1) is 10.5. The van der Waals surface area contributed by atoms with Gasteiger partial charge in [-0.1, -0.05) is 0 Å². The van der Waals surface area contributed by atoms with Crippen LogP contribution in [0.15, 0.2) is 31.8 Å². The summed E-state index contributed by atoms with van der Waals surface area (Å²) in [7, 11) is -0.940. The van der Waals surface area contributed by atoms with Gasteiger partial charge in [0.1, 0.15) is 0 Å². The summed E-state index contributed by atoms with van der Waals surface area (Å²) in [6, 6.07) is 4.94. The Morgan fingerprint density at radius 1 is 1.53 bits per heavy atom. The molecule has 0 spiro atoms. The zero-order chi connectivity index (χ0) is 11.1. The maximum Gasteiger partial charge on any atom is 0.337 e. The first-order valence-electron chi connectivity index (χ1n) is 4.15. The summed E-state index contributed by atoms with van der Waals surface area (Å²) in [6.45, 7) is 0. The van der Waals surface area contributed by atoms with E-state index in [-0.39, 0.29) is 0 Å². The Balaban J connectivity index is 2.50. The quantitative estimate of drug-likeness (QED) is 0.559. The van der Waals surface area contributed by atoms with Gasteiger partial charge in [0.15, 0.2) is 0 Å². The second-order valence-electron chi connectivity index (χ2n) is 3.12. The molecule has 2 rings (SSSR count). The van der Waals surface area contributed by atoms with Crippen LogP contribution >= 0.6 is 11.9 Å². The average molecular weight is 243 g/mol. The van der Waals surface area contributed by atoms with Crippen LogP contribution in [0.5, 0.6) is 0 Å². The summed E-state index contributed by atoms with van der Waals surface area (Å²) in [4.78, 5) is 12.7. The van der Waals surface area contributed by atoms with Crippen molar-refractivity contribution >= 4 is 27.6 Å². The molecule has 1 aliphatic heterocycles. The monoisotopic (exact) mass is 243 g/mol. The second kappa shape index (κ2) is 3.53. The molecule has 1 atom stereocenters. The maximum atomic E-state index is 11.9. The number of carbonyl (C=O) groups is 1. The van der Waals surface area contributed by atoms with Crippen LogP contribution < -0.4 is 0 Å². The molecule has 0 N–H and O–H groups in total. The van der Waals surface area contributed by atoms with E-state index in [1.165, 1.54) is 7.11 Å². The number of fused-ring (bicyclic) bond motifs is 1. The van der Waals surface area contributed by atoms with Gasteiger partial charge in [-0.3, -0.25) is 0 Å². The Kier molecular flexibility index (Phi) is 2.47. The fourth-order valence-electron chi connectivity index (χ4n) is 1.29. The molecule has 0 aromatic heterocycles. The van der Waals surface area contributed by atoms with Gasteiger partial charge < -0.3 is 4.74 Å². The van der Waals surface area contributed by atoms with Crippen LogP contribution in [-0.4, -0.2) is 23.5 Å². The lowest BCUT2D eigenvalue weighted by Gasteiger charge is -2.02. The minimum atomic E-state index is -2.27. The van der Waals surface area contributed by atoms with Crippen molar-refractivity contribution in [1.29, 1.82) is 0 Å². The molecule has 0 bridgehead atoms. The summed E-state index contributed by atoms with van der Waals surface area (Å²) < 4.78 is 20.4. The van der Waals surface area contributed by atoms with Crippen molar-refractivity contribution in [3.05, 3.63) is 23.8 Å². The fraction of sp³-hybridized carbons (Fsp3) is 0.222. The third-order valence-corrected chi connectivity index (χ3v) is 5.32. The number of carbonyl (C=O) groups excluding carboxylic acids is 1. The molecule has 0 saturated heterocycles. The summed E-state index contributed by atoms with van der Waals surface area (Å²) in [6.07, 6.45) is 1.59. The Hall–Kier alpha value is -1.01. The summed E-state index contributed by atoms with van der Waals surface area (Å²) >= 11 is 1.16. The zero-order valence-corrected chi connectivity index (χ0v) is 9.85. The summed E-state index contributed by atoms with van der Waals surface area (Å²) in [5, 5.41) is 0. The summed E-state index contributed by atoms with van der Waals surface area (Å²) in [5.41, 5.74) is 0.455. The Labute approximate surface area is 92.3 Å². The minimum absolute atomic E-state index is 0.395. The van der Waals surface area contributed by atoms with Crippen molar-refractivity contribution in [2.45, 2.75) is 9.79 Å². The number of methoxy groups -OCH3 is 1. The topological polar surface area (TPSA) is 55.7 Å². The minimum Gasteiger partial charge on any atom is -0.465 e. The molecule has 0 saturated carbocycles. The molecule has 1 aliphatic rings. The van der Waals surface area contributed by atoms with Gasteiger partial charge in [-0.2, -0.15) is 3.77 Å². The molecule has 1 heterocycles. The van der Waals surface area contributed by atoms with Crippen LogP contribution in [0.25, 0.3) is 0 Å². The lowest BCUT2D eigenvalue weighted by Crippen LogP contribution is -2.02. The predicted molar refractivity (Wildman–Crippen MR) is 58.4 cm³/mol. The van der Waals surface area contributed by atoms with Gasteiger partial charge in [0.05, 0.1) is 27.3 Å².